The molecule has 0 aromatic rings. The lowest BCUT2D eigenvalue weighted by Gasteiger charge is -2.31. The van der Waals surface area contributed by atoms with E-state index in [0.717, 1.165) is 12.8 Å². The zero-order valence-corrected chi connectivity index (χ0v) is 13.7. The molecule has 5 nitrogen and oxygen atoms in total. The Hall–Kier alpha value is -0.910. The van der Waals surface area contributed by atoms with Gasteiger partial charge in [-0.1, -0.05) is 33.1 Å². The maximum Gasteiger partial charge on any atom is 0.327 e. The summed E-state index contributed by atoms with van der Waals surface area (Å²) in [5.74, 6) is 0.756. The van der Waals surface area contributed by atoms with Crippen molar-refractivity contribution in [2.75, 3.05) is 12.3 Å². The van der Waals surface area contributed by atoms with E-state index in [0.29, 0.717) is 24.1 Å². The van der Waals surface area contributed by atoms with Gasteiger partial charge >= 0.3 is 12.0 Å². The van der Waals surface area contributed by atoms with Crippen LogP contribution in [0.5, 0.6) is 0 Å². The van der Waals surface area contributed by atoms with Gasteiger partial charge < -0.3 is 10.4 Å². The normalized spacial score (nSPS) is 33.0. The van der Waals surface area contributed by atoms with E-state index in [1.54, 1.807) is 11.8 Å². The minimum absolute atomic E-state index is 0.0186. The van der Waals surface area contributed by atoms with Gasteiger partial charge in [0, 0.05) is 12.3 Å². The predicted octanol–water partition coefficient (Wildman–Crippen LogP) is 2.76. The van der Waals surface area contributed by atoms with Crippen LogP contribution in [0.2, 0.25) is 0 Å². The highest BCUT2D eigenvalue weighted by atomic mass is 32.2. The van der Waals surface area contributed by atoms with Crippen LogP contribution in [0, 0.1) is 11.8 Å². The van der Waals surface area contributed by atoms with Crippen molar-refractivity contribution in [1.82, 2.24) is 10.2 Å². The number of hydrogen-bond donors (Lipinski definition) is 2. The van der Waals surface area contributed by atoms with Crippen molar-refractivity contribution in [2.45, 2.75) is 57.4 Å². The summed E-state index contributed by atoms with van der Waals surface area (Å²) in [6.07, 6.45) is 5.69. The van der Waals surface area contributed by atoms with Gasteiger partial charge in [-0.25, -0.2) is 9.59 Å². The smallest absolute Gasteiger partial charge is 0.327 e. The number of carbonyl (C=O) groups excluding carboxylic acids is 1. The van der Waals surface area contributed by atoms with Crippen LogP contribution in [0.4, 0.5) is 4.79 Å². The van der Waals surface area contributed by atoms with Crippen LogP contribution >= 0.6 is 11.8 Å². The fraction of sp³-hybridized carbons (Fsp3) is 0.867. The molecular weight excluding hydrogens is 288 g/mol. The first kappa shape index (κ1) is 16.5. The van der Waals surface area contributed by atoms with Crippen molar-refractivity contribution in [3.8, 4) is 0 Å². The van der Waals surface area contributed by atoms with E-state index in [1.807, 2.05) is 6.92 Å². The van der Waals surface area contributed by atoms with Crippen molar-refractivity contribution in [1.29, 1.82) is 0 Å². The number of nitrogens with one attached hydrogen (secondary N) is 1. The summed E-state index contributed by atoms with van der Waals surface area (Å²) in [6, 6.07) is -0.902. The molecule has 2 fully saturated rings. The zero-order chi connectivity index (χ0) is 15.4. The number of hydrogen-bond acceptors (Lipinski definition) is 3. The van der Waals surface area contributed by atoms with E-state index in [2.05, 4.69) is 12.2 Å². The molecule has 2 N–H and O–H groups in total. The first-order chi connectivity index (χ1) is 10.0. The molecule has 1 aliphatic heterocycles. The van der Waals surface area contributed by atoms with E-state index in [1.165, 1.54) is 24.2 Å². The summed E-state index contributed by atoms with van der Waals surface area (Å²) in [4.78, 5) is 25.2. The highest BCUT2D eigenvalue weighted by Gasteiger charge is 2.41. The number of rotatable bonds is 4. The molecule has 1 saturated carbocycles. The number of carbonyl (C=O) groups is 2. The Balaban J connectivity index is 1.92. The summed E-state index contributed by atoms with van der Waals surface area (Å²) >= 11 is 1.56. The summed E-state index contributed by atoms with van der Waals surface area (Å²) in [7, 11) is 0. The fourth-order valence-electron chi connectivity index (χ4n) is 3.35. The Morgan fingerprint density at radius 1 is 1.33 bits per heavy atom. The maximum atomic E-state index is 12.4. The fourth-order valence-corrected chi connectivity index (χ4v) is 4.69. The topological polar surface area (TPSA) is 69.6 Å². The molecule has 21 heavy (non-hydrogen) atoms. The molecule has 6 heteroatoms. The number of urea groups is 1. The molecule has 0 aromatic heterocycles. The lowest BCUT2D eigenvalue weighted by atomic mass is 9.80. The summed E-state index contributed by atoms with van der Waals surface area (Å²) < 4.78 is 0. The summed E-state index contributed by atoms with van der Waals surface area (Å²) in [6.45, 7) is 4.91. The third-order valence-corrected chi connectivity index (χ3v) is 6.22. The van der Waals surface area contributed by atoms with Crippen molar-refractivity contribution in [2.24, 2.45) is 11.8 Å². The average Bonchev–Trinajstić information content (AvgIpc) is 2.90. The molecule has 0 bridgehead atoms. The van der Waals surface area contributed by atoms with Crippen molar-refractivity contribution in [3.63, 3.8) is 0 Å². The first-order valence-electron chi connectivity index (χ1n) is 7.95. The molecule has 0 aromatic carbocycles. The minimum atomic E-state index is -0.903. The third kappa shape index (κ3) is 3.84. The monoisotopic (exact) mass is 314 g/mol. The quantitative estimate of drug-likeness (QED) is 0.837. The van der Waals surface area contributed by atoms with Gasteiger partial charge in [-0.2, -0.15) is 0 Å². The number of carboxylic acid groups (broad SMARTS) is 1. The van der Waals surface area contributed by atoms with E-state index < -0.39 is 12.0 Å². The Kier molecular flexibility index (Phi) is 5.79. The predicted molar refractivity (Wildman–Crippen MR) is 84.3 cm³/mol. The van der Waals surface area contributed by atoms with Crippen LogP contribution < -0.4 is 5.32 Å². The number of carboxylic acids is 1. The minimum Gasteiger partial charge on any atom is -0.480 e. The maximum absolute atomic E-state index is 12.4. The molecule has 0 spiro atoms. The van der Waals surface area contributed by atoms with Gasteiger partial charge in [0.1, 0.15) is 6.04 Å². The second kappa shape index (κ2) is 7.38. The van der Waals surface area contributed by atoms with Crippen LogP contribution in [-0.4, -0.2) is 45.7 Å². The van der Waals surface area contributed by atoms with E-state index in [4.69, 9.17) is 0 Å². The highest BCUT2D eigenvalue weighted by Crippen LogP contribution is 2.32. The molecule has 120 valence electrons. The van der Waals surface area contributed by atoms with E-state index in [9.17, 15) is 14.7 Å². The van der Waals surface area contributed by atoms with Gasteiger partial charge in [-0.05, 0) is 24.7 Å². The van der Waals surface area contributed by atoms with Crippen LogP contribution in [0.25, 0.3) is 0 Å². The lowest BCUT2D eigenvalue weighted by molar-refractivity contribution is -0.141. The lowest BCUT2D eigenvalue weighted by Crippen LogP contribution is -2.51. The number of thioether (sulfide) groups is 1. The SMILES string of the molecule is CCC1SCC(C(=O)O)N1C(=O)NCC1CCCCC1C. The molecule has 1 heterocycles. The molecule has 4 unspecified atom stereocenters. The molecule has 2 rings (SSSR count). The molecular formula is C15H26N2O3S. The van der Waals surface area contributed by atoms with Crippen LogP contribution in [0.3, 0.4) is 0 Å². The van der Waals surface area contributed by atoms with Gasteiger partial charge in [0.2, 0.25) is 0 Å². The van der Waals surface area contributed by atoms with Gasteiger partial charge in [-0.15, -0.1) is 11.8 Å². The average molecular weight is 314 g/mol. The molecule has 2 amide bonds. The highest BCUT2D eigenvalue weighted by molar-refractivity contribution is 8.00. The first-order valence-corrected chi connectivity index (χ1v) is 9.00. The van der Waals surface area contributed by atoms with Gasteiger partial charge in [0.05, 0.1) is 5.37 Å². The molecule has 1 aliphatic carbocycles. The zero-order valence-electron chi connectivity index (χ0n) is 12.9. The van der Waals surface area contributed by atoms with Crippen molar-refractivity contribution in [3.05, 3.63) is 0 Å². The van der Waals surface area contributed by atoms with Gasteiger partial charge in [-0.3, -0.25) is 4.90 Å². The second-order valence-electron chi connectivity index (χ2n) is 6.17. The third-order valence-electron chi connectivity index (χ3n) is 4.77. The Morgan fingerprint density at radius 3 is 2.67 bits per heavy atom. The van der Waals surface area contributed by atoms with Crippen LogP contribution in [0.15, 0.2) is 0 Å². The Morgan fingerprint density at radius 2 is 2.05 bits per heavy atom. The van der Waals surface area contributed by atoms with Crippen molar-refractivity contribution < 1.29 is 14.7 Å². The molecule has 0 radical (unpaired) electrons. The Bertz CT molecular complexity index is 391. The summed E-state index contributed by atoms with van der Waals surface area (Å²) in [5, 5.41) is 12.2. The molecule has 1 saturated heterocycles. The number of nitrogens with zero attached hydrogens (tertiary/aromatic N) is 1. The largest absolute Gasteiger partial charge is 0.480 e. The van der Waals surface area contributed by atoms with Crippen molar-refractivity contribution >= 4 is 23.8 Å². The Labute approximate surface area is 130 Å². The van der Waals surface area contributed by atoms with Crippen LogP contribution in [0.1, 0.15) is 46.0 Å². The van der Waals surface area contributed by atoms with E-state index in [-0.39, 0.29) is 11.4 Å². The van der Waals surface area contributed by atoms with Gasteiger partial charge in [0.15, 0.2) is 0 Å². The molecule has 4 atom stereocenters. The standard InChI is InChI=1S/C15H26N2O3S/c1-3-13-17(12(9-21-13)14(18)19)15(20)16-8-11-7-5-4-6-10(11)2/h10-13H,3-9H2,1-2H3,(H,16,20)(H,18,19). The summed E-state index contributed by atoms with van der Waals surface area (Å²) in [5.41, 5.74) is 0. The van der Waals surface area contributed by atoms with Gasteiger partial charge in [0.25, 0.3) is 0 Å². The van der Waals surface area contributed by atoms with Crippen LogP contribution in [-0.2, 0) is 4.79 Å². The molecule has 2 aliphatic rings. The second-order valence-corrected chi connectivity index (χ2v) is 7.38. The number of aliphatic carboxylic acids is 1. The number of amides is 2. The van der Waals surface area contributed by atoms with E-state index >= 15 is 0 Å².